The van der Waals surface area contributed by atoms with Gasteiger partial charge < -0.3 is 0 Å². The van der Waals surface area contributed by atoms with Gasteiger partial charge in [-0.2, -0.15) is 18.3 Å². The van der Waals surface area contributed by atoms with Crippen molar-refractivity contribution in [2.75, 3.05) is 0 Å². The second-order valence-corrected chi connectivity index (χ2v) is 4.88. The predicted molar refractivity (Wildman–Crippen MR) is 70.0 cm³/mol. The lowest BCUT2D eigenvalue weighted by Crippen LogP contribution is -2.08. The predicted octanol–water partition coefficient (Wildman–Crippen LogP) is 4.41. The lowest BCUT2D eigenvalue weighted by molar-refractivity contribution is -0.385. The third-order valence-electron chi connectivity index (χ3n) is 2.74. The van der Waals surface area contributed by atoms with Crippen LogP contribution in [0.3, 0.4) is 0 Å². The molecule has 0 amide bonds. The lowest BCUT2D eigenvalue weighted by atomic mass is 10.2. The van der Waals surface area contributed by atoms with Crippen molar-refractivity contribution in [2.45, 2.75) is 13.1 Å². The molecule has 0 spiro atoms. The molecule has 1 heterocycles. The van der Waals surface area contributed by atoms with Gasteiger partial charge in [0.1, 0.15) is 17.6 Å². The normalized spacial score (nSPS) is 11.7. The third-order valence-corrected chi connectivity index (χ3v) is 3.31. The number of hydrogen-bond donors (Lipinski definition) is 0. The maximum Gasteiger partial charge on any atom is 0.416 e. The summed E-state index contributed by atoms with van der Waals surface area (Å²) >= 11 is 11.6. The van der Waals surface area contributed by atoms with Crippen LogP contribution in [0.15, 0.2) is 18.3 Å². The van der Waals surface area contributed by atoms with Crippen molar-refractivity contribution in [2.24, 2.45) is 0 Å². The molecular weight excluding hydrogens is 334 g/mol. The van der Waals surface area contributed by atoms with Gasteiger partial charge in [0, 0.05) is 0 Å². The van der Waals surface area contributed by atoms with Crippen molar-refractivity contribution in [1.82, 2.24) is 9.78 Å². The van der Waals surface area contributed by atoms with E-state index in [1.165, 1.54) is 6.92 Å². The molecule has 0 N–H and O–H groups in total. The summed E-state index contributed by atoms with van der Waals surface area (Å²) in [4.78, 5) is 10.1. The first-order chi connectivity index (χ1) is 9.62. The van der Waals surface area contributed by atoms with Gasteiger partial charge in [0.2, 0.25) is 0 Å². The highest BCUT2D eigenvalue weighted by molar-refractivity contribution is 6.37. The summed E-state index contributed by atoms with van der Waals surface area (Å²) in [6.45, 7) is 1.38. The molecule has 0 unspecified atom stereocenters. The molecule has 2 rings (SSSR count). The molecule has 0 saturated carbocycles. The molecule has 10 heteroatoms. The second kappa shape index (κ2) is 5.19. The van der Waals surface area contributed by atoms with Crippen LogP contribution in [-0.2, 0) is 6.18 Å². The summed E-state index contributed by atoms with van der Waals surface area (Å²) in [6.07, 6.45) is -3.63. The van der Waals surface area contributed by atoms with Crippen LogP contribution in [0.5, 0.6) is 0 Å². The zero-order valence-electron chi connectivity index (χ0n) is 10.3. The Morgan fingerprint density at radius 3 is 2.19 bits per heavy atom. The van der Waals surface area contributed by atoms with Gasteiger partial charge in [0.15, 0.2) is 0 Å². The van der Waals surface area contributed by atoms with Crippen molar-refractivity contribution in [3.05, 3.63) is 49.7 Å². The lowest BCUT2D eigenvalue weighted by Gasteiger charge is -2.13. The number of halogens is 5. The Balaban J connectivity index is 2.63. The fourth-order valence-electron chi connectivity index (χ4n) is 1.74. The van der Waals surface area contributed by atoms with Crippen LogP contribution >= 0.6 is 23.2 Å². The zero-order valence-corrected chi connectivity index (χ0v) is 11.8. The topological polar surface area (TPSA) is 61.0 Å². The number of nitro groups is 1. The minimum Gasteiger partial charge on any atom is -0.258 e. The van der Waals surface area contributed by atoms with Gasteiger partial charge in [-0.15, -0.1) is 0 Å². The maximum atomic E-state index is 12.6. The van der Waals surface area contributed by atoms with Crippen LogP contribution in [-0.4, -0.2) is 14.7 Å². The molecule has 1 aromatic heterocycles. The molecule has 0 radical (unpaired) electrons. The molecule has 0 saturated heterocycles. The van der Waals surface area contributed by atoms with E-state index in [9.17, 15) is 23.3 Å². The fraction of sp³-hybridized carbons (Fsp3) is 0.182. The SMILES string of the molecule is Cc1c([N+](=O)[O-])cnn1-c1c(Cl)cc(C(F)(F)F)cc1Cl. The Morgan fingerprint density at radius 2 is 1.81 bits per heavy atom. The molecule has 112 valence electrons. The number of rotatable bonds is 2. The highest BCUT2D eigenvalue weighted by Crippen LogP contribution is 2.38. The van der Waals surface area contributed by atoms with E-state index in [1.807, 2.05) is 0 Å². The van der Waals surface area contributed by atoms with Crippen molar-refractivity contribution < 1.29 is 18.1 Å². The number of benzene rings is 1. The first kappa shape index (κ1) is 15.6. The molecule has 0 aliphatic carbocycles. The van der Waals surface area contributed by atoms with Crippen molar-refractivity contribution in [3.63, 3.8) is 0 Å². The summed E-state index contributed by atoms with van der Waals surface area (Å²) < 4.78 is 39.0. The maximum absolute atomic E-state index is 12.6. The van der Waals surface area contributed by atoms with Crippen LogP contribution in [0.1, 0.15) is 11.3 Å². The van der Waals surface area contributed by atoms with Gasteiger partial charge in [0.25, 0.3) is 0 Å². The van der Waals surface area contributed by atoms with Crippen LogP contribution < -0.4 is 0 Å². The first-order valence-electron chi connectivity index (χ1n) is 5.38. The molecule has 0 aliphatic rings. The van der Waals surface area contributed by atoms with Gasteiger partial charge >= 0.3 is 11.9 Å². The average molecular weight is 340 g/mol. The first-order valence-corrected chi connectivity index (χ1v) is 6.14. The smallest absolute Gasteiger partial charge is 0.258 e. The molecular formula is C11H6Cl2F3N3O2. The van der Waals surface area contributed by atoms with Gasteiger partial charge in [-0.05, 0) is 19.1 Å². The standard InChI is InChI=1S/C11H6Cl2F3N3O2/c1-5-9(19(20)21)4-17-18(5)10-7(12)2-6(3-8(10)13)11(14,15)16/h2-4H,1H3. The van der Waals surface area contributed by atoms with Crippen LogP contribution in [0.4, 0.5) is 18.9 Å². The van der Waals surface area contributed by atoms with Gasteiger partial charge in [-0.1, -0.05) is 23.2 Å². The number of nitrogens with zero attached hydrogens (tertiary/aromatic N) is 3. The molecule has 0 aliphatic heterocycles. The Bertz CT molecular complexity index is 705. The van der Waals surface area contributed by atoms with E-state index in [4.69, 9.17) is 23.2 Å². The van der Waals surface area contributed by atoms with Crippen LogP contribution in [0.2, 0.25) is 10.0 Å². The summed E-state index contributed by atoms with van der Waals surface area (Å²) in [7, 11) is 0. The van der Waals surface area contributed by atoms with E-state index in [-0.39, 0.29) is 27.1 Å². The molecule has 5 nitrogen and oxygen atoms in total. The molecule has 2 aromatic rings. The summed E-state index contributed by atoms with van der Waals surface area (Å²) in [5.41, 5.74) is -1.25. The Kier molecular flexibility index (Phi) is 3.85. The number of hydrogen-bond acceptors (Lipinski definition) is 3. The Morgan fingerprint density at radius 1 is 1.29 bits per heavy atom. The van der Waals surface area contributed by atoms with Crippen molar-refractivity contribution >= 4 is 28.9 Å². The molecule has 1 aromatic carbocycles. The summed E-state index contributed by atoms with van der Waals surface area (Å²) in [5, 5.41) is 13.9. The average Bonchev–Trinajstić information content (AvgIpc) is 2.69. The minimum absolute atomic E-state index is 0.0445. The molecule has 21 heavy (non-hydrogen) atoms. The van der Waals surface area contributed by atoms with E-state index in [0.29, 0.717) is 12.1 Å². The van der Waals surface area contributed by atoms with Crippen molar-refractivity contribution in [3.8, 4) is 5.69 Å². The van der Waals surface area contributed by atoms with Gasteiger partial charge in [-0.25, -0.2) is 4.68 Å². The van der Waals surface area contributed by atoms with Crippen molar-refractivity contribution in [1.29, 1.82) is 0 Å². The van der Waals surface area contributed by atoms with Gasteiger partial charge in [-0.3, -0.25) is 10.1 Å². The molecule has 0 fully saturated rings. The van der Waals surface area contributed by atoms with E-state index >= 15 is 0 Å². The Labute approximate surface area is 126 Å². The summed E-state index contributed by atoms with van der Waals surface area (Å²) in [5.74, 6) is 0. The molecule has 0 bridgehead atoms. The van der Waals surface area contributed by atoms with Gasteiger partial charge in [0.05, 0.1) is 20.5 Å². The highest BCUT2D eigenvalue weighted by atomic mass is 35.5. The monoisotopic (exact) mass is 339 g/mol. The Hall–Kier alpha value is -1.80. The second-order valence-electron chi connectivity index (χ2n) is 4.07. The van der Waals surface area contributed by atoms with E-state index in [0.717, 1.165) is 10.9 Å². The third kappa shape index (κ3) is 2.81. The van der Waals surface area contributed by atoms with E-state index in [2.05, 4.69) is 5.10 Å². The highest BCUT2D eigenvalue weighted by Gasteiger charge is 2.32. The molecule has 0 atom stereocenters. The quantitative estimate of drug-likeness (QED) is 0.601. The van der Waals surface area contributed by atoms with E-state index < -0.39 is 16.7 Å². The van der Waals surface area contributed by atoms with Crippen LogP contribution in [0.25, 0.3) is 5.69 Å². The van der Waals surface area contributed by atoms with Crippen LogP contribution in [0, 0.1) is 17.0 Å². The number of alkyl halides is 3. The largest absolute Gasteiger partial charge is 0.416 e. The number of aromatic nitrogens is 2. The van der Waals surface area contributed by atoms with E-state index in [1.54, 1.807) is 0 Å². The zero-order chi connectivity index (χ0) is 15.9. The summed E-state index contributed by atoms with van der Waals surface area (Å²) in [6, 6.07) is 1.38. The minimum atomic E-state index is -4.60. The fourth-order valence-corrected chi connectivity index (χ4v) is 2.38.